The van der Waals surface area contributed by atoms with Crippen LogP contribution in [0.4, 0.5) is 4.79 Å². The zero-order valence-electron chi connectivity index (χ0n) is 16.4. The SMILES string of the molecule is C#CCCN(CC(C)(C)C)C(=O)OCC1c2ccccc2-c2ccccc21. The lowest BCUT2D eigenvalue weighted by Gasteiger charge is -2.29. The third-order valence-corrected chi connectivity index (χ3v) is 4.79. The standard InChI is InChI=1S/C24H27NO2/c1-5-6-15-25(17-24(2,3)4)23(26)27-16-22-20-13-9-7-11-18(20)19-12-8-10-14-21(19)22/h1,7-14,22H,6,15-17H2,2-4H3. The van der Waals surface area contributed by atoms with Crippen molar-refractivity contribution >= 4 is 6.09 Å². The van der Waals surface area contributed by atoms with Crippen LogP contribution < -0.4 is 0 Å². The number of carbonyl (C=O) groups excluding carboxylic acids is 1. The molecule has 0 saturated carbocycles. The Labute approximate surface area is 162 Å². The van der Waals surface area contributed by atoms with Crippen molar-refractivity contribution in [2.75, 3.05) is 19.7 Å². The summed E-state index contributed by atoms with van der Waals surface area (Å²) in [6.07, 6.45) is 5.63. The molecule has 0 fully saturated rings. The molecule has 3 nitrogen and oxygen atoms in total. The molecule has 0 saturated heterocycles. The lowest BCUT2D eigenvalue weighted by atomic mass is 9.96. The molecule has 3 rings (SSSR count). The first kappa shape index (κ1) is 19.0. The molecular formula is C24H27NO2. The van der Waals surface area contributed by atoms with E-state index in [0.717, 1.165) is 0 Å². The lowest BCUT2D eigenvalue weighted by Crippen LogP contribution is -2.39. The summed E-state index contributed by atoms with van der Waals surface area (Å²) in [5, 5.41) is 0. The molecule has 0 aromatic heterocycles. The van der Waals surface area contributed by atoms with Gasteiger partial charge in [0.25, 0.3) is 0 Å². The molecule has 27 heavy (non-hydrogen) atoms. The fraction of sp³-hybridized carbons (Fsp3) is 0.375. The van der Waals surface area contributed by atoms with Gasteiger partial charge in [-0.05, 0) is 27.7 Å². The van der Waals surface area contributed by atoms with Gasteiger partial charge in [-0.25, -0.2) is 4.79 Å². The van der Waals surface area contributed by atoms with Gasteiger partial charge in [-0.15, -0.1) is 12.3 Å². The Hall–Kier alpha value is -2.73. The van der Waals surface area contributed by atoms with E-state index in [9.17, 15) is 4.79 Å². The Bertz CT molecular complexity index is 812. The molecule has 0 spiro atoms. The minimum atomic E-state index is -0.290. The number of carbonyl (C=O) groups is 1. The van der Waals surface area contributed by atoms with E-state index in [-0.39, 0.29) is 17.4 Å². The Morgan fingerprint density at radius 3 is 2.15 bits per heavy atom. The summed E-state index contributed by atoms with van der Waals surface area (Å²) in [7, 11) is 0. The van der Waals surface area contributed by atoms with Crippen molar-refractivity contribution in [2.45, 2.75) is 33.1 Å². The van der Waals surface area contributed by atoms with E-state index >= 15 is 0 Å². The first-order valence-electron chi connectivity index (χ1n) is 9.44. The molecular weight excluding hydrogens is 334 g/mol. The molecule has 0 aliphatic heterocycles. The third kappa shape index (κ3) is 4.34. The van der Waals surface area contributed by atoms with Crippen molar-refractivity contribution in [3.05, 3.63) is 59.7 Å². The average molecular weight is 361 g/mol. The zero-order chi connectivity index (χ0) is 19.4. The second kappa shape index (κ2) is 7.88. The smallest absolute Gasteiger partial charge is 0.409 e. The fourth-order valence-corrected chi connectivity index (χ4v) is 3.69. The van der Waals surface area contributed by atoms with Crippen molar-refractivity contribution < 1.29 is 9.53 Å². The summed E-state index contributed by atoms with van der Waals surface area (Å²) < 4.78 is 5.76. The number of rotatable bonds is 5. The van der Waals surface area contributed by atoms with E-state index in [2.05, 4.69) is 63.1 Å². The van der Waals surface area contributed by atoms with Crippen LogP contribution in [0.2, 0.25) is 0 Å². The number of nitrogens with zero attached hydrogens (tertiary/aromatic N) is 1. The van der Waals surface area contributed by atoms with Crippen LogP contribution in [0.1, 0.15) is 44.2 Å². The fourth-order valence-electron chi connectivity index (χ4n) is 3.69. The second-order valence-electron chi connectivity index (χ2n) is 8.24. The number of terminal acetylenes is 1. The number of amides is 1. The monoisotopic (exact) mass is 361 g/mol. The molecule has 0 radical (unpaired) electrons. The Balaban J connectivity index is 1.75. The number of hydrogen-bond acceptors (Lipinski definition) is 2. The number of fused-ring (bicyclic) bond motifs is 3. The Kier molecular flexibility index (Phi) is 5.56. The number of benzene rings is 2. The van der Waals surface area contributed by atoms with Gasteiger partial charge in [0.15, 0.2) is 0 Å². The van der Waals surface area contributed by atoms with Crippen LogP contribution in [-0.2, 0) is 4.74 Å². The predicted octanol–water partition coefficient (Wildman–Crippen LogP) is 5.31. The van der Waals surface area contributed by atoms with Crippen LogP contribution in [0.3, 0.4) is 0 Å². The van der Waals surface area contributed by atoms with Crippen LogP contribution in [-0.4, -0.2) is 30.7 Å². The highest BCUT2D eigenvalue weighted by atomic mass is 16.6. The topological polar surface area (TPSA) is 29.5 Å². The van der Waals surface area contributed by atoms with Gasteiger partial charge in [0.1, 0.15) is 6.61 Å². The van der Waals surface area contributed by atoms with Crippen LogP contribution >= 0.6 is 0 Å². The van der Waals surface area contributed by atoms with Crippen molar-refractivity contribution in [2.24, 2.45) is 5.41 Å². The van der Waals surface area contributed by atoms with Gasteiger partial charge < -0.3 is 9.64 Å². The van der Waals surface area contributed by atoms with Crippen LogP contribution in [0.15, 0.2) is 48.5 Å². The molecule has 0 unspecified atom stereocenters. The van der Waals surface area contributed by atoms with Crippen LogP contribution in [0, 0.1) is 17.8 Å². The molecule has 2 aromatic carbocycles. The van der Waals surface area contributed by atoms with Crippen LogP contribution in [0.25, 0.3) is 11.1 Å². The van der Waals surface area contributed by atoms with E-state index in [1.807, 2.05) is 12.1 Å². The normalized spacial score (nSPS) is 12.8. The lowest BCUT2D eigenvalue weighted by molar-refractivity contribution is 0.0877. The van der Waals surface area contributed by atoms with Crippen molar-refractivity contribution in [1.82, 2.24) is 4.90 Å². The van der Waals surface area contributed by atoms with Gasteiger partial charge >= 0.3 is 6.09 Å². The maximum atomic E-state index is 12.7. The van der Waals surface area contributed by atoms with E-state index in [1.54, 1.807) is 4.90 Å². The molecule has 1 aliphatic rings. The Morgan fingerprint density at radius 1 is 1.07 bits per heavy atom. The summed E-state index contributed by atoms with van der Waals surface area (Å²) >= 11 is 0. The highest BCUT2D eigenvalue weighted by molar-refractivity contribution is 5.79. The summed E-state index contributed by atoms with van der Waals surface area (Å²) in [5.41, 5.74) is 4.89. The van der Waals surface area contributed by atoms with Crippen molar-refractivity contribution in [1.29, 1.82) is 0 Å². The summed E-state index contributed by atoms with van der Waals surface area (Å²) in [4.78, 5) is 14.5. The molecule has 0 N–H and O–H groups in total. The molecule has 140 valence electrons. The predicted molar refractivity (Wildman–Crippen MR) is 110 cm³/mol. The first-order chi connectivity index (χ1) is 12.9. The van der Waals surface area contributed by atoms with Crippen molar-refractivity contribution in [3.8, 4) is 23.5 Å². The first-order valence-corrected chi connectivity index (χ1v) is 9.44. The molecule has 0 bridgehead atoms. The van der Waals surface area contributed by atoms with Gasteiger partial charge in [0.2, 0.25) is 0 Å². The maximum Gasteiger partial charge on any atom is 0.409 e. The minimum absolute atomic E-state index is 0.0137. The molecule has 1 amide bonds. The summed E-state index contributed by atoms with van der Waals surface area (Å²) in [6.45, 7) is 7.78. The molecule has 0 heterocycles. The quantitative estimate of drug-likeness (QED) is 0.676. The summed E-state index contributed by atoms with van der Waals surface area (Å²) in [5.74, 6) is 2.69. The summed E-state index contributed by atoms with van der Waals surface area (Å²) in [6, 6.07) is 16.7. The highest BCUT2D eigenvalue weighted by Gasteiger charge is 2.30. The largest absolute Gasteiger partial charge is 0.448 e. The molecule has 1 aliphatic carbocycles. The third-order valence-electron chi connectivity index (χ3n) is 4.79. The molecule has 3 heteroatoms. The number of hydrogen-bond donors (Lipinski definition) is 0. The van der Waals surface area contributed by atoms with Gasteiger partial charge in [-0.3, -0.25) is 0 Å². The maximum absolute atomic E-state index is 12.7. The second-order valence-corrected chi connectivity index (χ2v) is 8.24. The highest BCUT2D eigenvalue weighted by Crippen LogP contribution is 2.44. The van der Waals surface area contributed by atoms with E-state index < -0.39 is 0 Å². The van der Waals surface area contributed by atoms with Gasteiger partial charge in [0, 0.05) is 25.4 Å². The van der Waals surface area contributed by atoms with Crippen LogP contribution in [0.5, 0.6) is 0 Å². The average Bonchev–Trinajstić information content (AvgIpc) is 2.96. The van der Waals surface area contributed by atoms with E-state index in [1.165, 1.54) is 22.3 Å². The minimum Gasteiger partial charge on any atom is -0.448 e. The zero-order valence-corrected chi connectivity index (χ0v) is 16.4. The van der Waals surface area contributed by atoms with Gasteiger partial charge in [-0.1, -0.05) is 69.3 Å². The molecule has 0 atom stereocenters. The van der Waals surface area contributed by atoms with E-state index in [0.29, 0.717) is 26.1 Å². The van der Waals surface area contributed by atoms with E-state index in [4.69, 9.17) is 11.2 Å². The van der Waals surface area contributed by atoms with Crippen molar-refractivity contribution in [3.63, 3.8) is 0 Å². The van der Waals surface area contributed by atoms with Gasteiger partial charge in [0.05, 0.1) is 0 Å². The molecule has 2 aromatic rings. The van der Waals surface area contributed by atoms with Gasteiger partial charge in [-0.2, -0.15) is 0 Å². The Morgan fingerprint density at radius 2 is 1.63 bits per heavy atom. The number of ether oxygens (including phenoxy) is 1.